The predicted octanol–water partition coefficient (Wildman–Crippen LogP) is 2.79. The van der Waals surface area contributed by atoms with Crippen LogP contribution in [0.2, 0.25) is 5.02 Å². The molecule has 0 aliphatic carbocycles. The van der Waals surface area contributed by atoms with Crippen molar-refractivity contribution in [1.82, 2.24) is 0 Å². The van der Waals surface area contributed by atoms with Gasteiger partial charge in [0.1, 0.15) is 5.82 Å². The largest absolute Gasteiger partial charge is 0.322 e. The van der Waals surface area contributed by atoms with Gasteiger partial charge in [0.25, 0.3) is 0 Å². The molecule has 3 N–H and O–H groups in total. The van der Waals surface area contributed by atoms with Gasteiger partial charge in [0.2, 0.25) is 5.91 Å². The van der Waals surface area contributed by atoms with Crippen molar-refractivity contribution in [2.45, 2.75) is 26.3 Å². The number of rotatable bonds is 4. The fourth-order valence-corrected chi connectivity index (χ4v) is 1.59. The SMILES string of the molecule is CC(C)C[C@H](N)C(=O)Nc1ccc(Cl)cc1F. The van der Waals surface area contributed by atoms with E-state index in [9.17, 15) is 9.18 Å². The molecule has 1 aromatic rings. The molecule has 0 aliphatic rings. The lowest BCUT2D eigenvalue weighted by molar-refractivity contribution is -0.117. The molecule has 0 heterocycles. The van der Waals surface area contributed by atoms with Gasteiger partial charge in [-0.05, 0) is 30.5 Å². The van der Waals surface area contributed by atoms with Crippen LogP contribution in [0.3, 0.4) is 0 Å². The Morgan fingerprint density at radius 3 is 2.71 bits per heavy atom. The van der Waals surface area contributed by atoms with Gasteiger partial charge in [0.15, 0.2) is 0 Å². The lowest BCUT2D eigenvalue weighted by Gasteiger charge is -2.14. The molecular formula is C12H16ClFN2O. The summed E-state index contributed by atoms with van der Waals surface area (Å²) < 4.78 is 13.4. The number of hydrogen-bond acceptors (Lipinski definition) is 2. The van der Waals surface area contributed by atoms with E-state index in [0.717, 1.165) is 6.07 Å². The Kier molecular flexibility index (Phi) is 4.90. The fraction of sp³-hybridized carbons (Fsp3) is 0.417. The van der Waals surface area contributed by atoms with Crippen LogP contribution in [0.4, 0.5) is 10.1 Å². The number of nitrogens with one attached hydrogen (secondary N) is 1. The van der Waals surface area contributed by atoms with E-state index in [1.165, 1.54) is 12.1 Å². The zero-order valence-corrected chi connectivity index (χ0v) is 10.6. The molecule has 94 valence electrons. The molecule has 0 saturated heterocycles. The van der Waals surface area contributed by atoms with Gasteiger partial charge >= 0.3 is 0 Å². The molecule has 1 atom stereocenters. The van der Waals surface area contributed by atoms with Crippen LogP contribution in [0.5, 0.6) is 0 Å². The fourth-order valence-electron chi connectivity index (χ4n) is 1.43. The number of hydrogen-bond donors (Lipinski definition) is 2. The van der Waals surface area contributed by atoms with Crippen LogP contribution in [-0.4, -0.2) is 11.9 Å². The van der Waals surface area contributed by atoms with Crippen molar-refractivity contribution in [3.8, 4) is 0 Å². The highest BCUT2D eigenvalue weighted by Crippen LogP contribution is 2.19. The van der Waals surface area contributed by atoms with Gasteiger partial charge < -0.3 is 11.1 Å². The van der Waals surface area contributed by atoms with E-state index in [2.05, 4.69) is 5.32 Å². The molecule has 5 heteroatoms. The van der Waals surface area contributed by atoms with Gasteiger partial charge in [-0.1, -0.05) is 25.4 Å². The zero-order chi connectivity index (χ0) is 13.0. The Morgan fingerprint density at radius 2 is 2.18 bits per heavy atom. The Labute approximate surface area is 105 Å². The Hall–Kier alpha value is -1.13. The average Bonchev–Trinajstić information content (AvgIpc) is 2.21. The zero-order valence-electron chi connectivity index (χ0n) is 9.84. The number of carbonyl (C=O) groups excluding carboxylic acids is 1. The van der Waals surface area contributed by atoms with Gasteiger partial charge in [-0.3, -0.25) is 4.79 Å². The molecule has 0 bridgehead atoms. The standard InChI is InChI=1S/C12H16ClFN2O/c1-7(2)5-10(15)12(17)16-11-4-3-8(13)6-9(11)14/h3-4,6-7,10H,5,15H2,1-2H3,(H,16,17)/t10-/m0/s1. The highest BCUT2D eigenvalue weighted by Gasteiger charge is 2.16. The molecule has 3 nitrogen and oxygen atoms in total. The molecule has 0 spiro atoms. The first-order valence-corrected chi connectivity index (χ1v) is 5.79. The lowest BCUT2D eigenvalue weighted by Crippen LogP contribution is -2.36. The van der Waals surface area contributed by atoms with Crippen molar-refractivity contribution in [2.24, 2.45) is 11.7 Å². The van der Waals surface area contributed by atoms with Gasteiger partial charge in [-0.25, -0.2) is 4.39 Å². The van der Waals surface area contributed by atoms with Gasteiger partial charge in [-0.15, -0.1) is 0 Å². The van der Waals surface area contributed by atoms with Crippen molar-refractivity contribution in [3.63, 3.8) is 0 Å². The van der Waals surface area contributed by atoms with Crippen molar-refractivity contribution in [1.29, 1.82) is 0 Å². The summed E-state index contributed by atoms with van der Waals surface area (Å²) in [4.78, 5) is 11.6. The Bertz CT molecular complexity index is 409. The van der Waals surface area contributed by atoms with Crippen LogP contribution < -0.4 is 11.1 Å². The van der Waals surface area contributed by atoms with Crippen molar-refractivity contribution in [2.75, 3.05) is 5.32 Å². The number of carbonyl (C=O) groups is 1. The van der Waals surface area contributed by atoms with E-state index < -0.39 is 11.9 Å². The third-order valence-corrected chi connectivity index (χ3v) is 2.49. The molecule has 0 aliphatic heterocycles. The third-order valence-electron chi connectivity index (χ3n) is 2.25. The molecular weight excluding hydrogens is 243 g/mol. The molecule has 0 aromatic heterocycles. The highest BCUT2D eigenvalue weighted by molar-refractivity contribution is 6.30. The maximum Gasteiger partial charge on any atom is 0.241 e. The smallest absolute Gasteiger partial charge is 0.241 e. The molecule has 0 saturated carbocycles. The van der Waals surface area contributed by atoms with E-state index in [-0.39, 0.29) is 16.6 Å². The van der Waals surface area contributed by atoms with Crippen molar-refractivity contribution >= 4 is 23.2 Å². The molecule has 0 unspecified atom stereocenters. The Balaban J connectivity index is 2.67. The minimum absolute atomic E-state index is 0.0959. The van der Waals surface area contributed by atoms with Gasteiger partial charge in [-0.2, -0.15) is 0 Å². The molecule has 17 heavy (non-hydrogen) atoms. The topological polar surface area (TPSA) is 55.1 Å². The van der Waals surface area contributed by atoms with Crippen LogP contribution in [-0.2, 0) is 4.79 Å². The van der Waals surface area contributed by atoms with Gasteiger partial charge in [0, 0.05) is 5.02 Å². The molecule has 1 aromatic carbocycles. The molecule has 0 radical (unpaired) electrons. The van der Waals surface area contributed by atoms with Crippen LogP contribution >= 0.6 is 11.6 Å². The van der Waals surface area contributed by atoms with E-state index in [1.54, 1.807) is 0 Å². The average molecular weight is 259 g/mol. The number of nitrogens with two attached hydrogens (primary N) is 1. The lowest BCUT2D eigenvalue weighted by atomic mass is 10.0. The summed E-state index contributed by atoms with van der Waals surface area (Å²) in [6.45, 7) is 3.94. The summed E-state index contributed by atoms with van der Waals surface area (Å²) in [5, 5.41) is 2.73. The first-order chi connectivity index (χ1) is 7.90. The summed E-state index contributed by atoms with van der Waals surface area (Å²) in [7, 11) is 0. The summed E-state index contributed by atoms with van der Waals surface area (Å²) in [6, 6.07) is 3.43. The summed E-state index contributed by atoms with van der Waals surface area (Å²) in [5.74, 6) is -0.645. The molecule has 1 rings (SSSR count). The quantitative estimate of drug-likeness (QED) is 0.873. The molecule has 1 amide bonds. The van der Waals surface area contributed by atoms with Crippen molar-refractivity contribution in [3.05, 3.63) is 29.0 Å². The van der Waals surface area contributed by atoms with E-state index in [0.29, 0.717) is 12.3 Å². The molecule has 0 fully saturated rings. The van der Waals surface area contributed by atoms with E-state index >= 15 is 0 Å². The van der Waals surface area contributed by atoms with E-state index in [4.69, 9.17) is 17.3 Å². The maximum atomic E-state index is 13.4. The normalized spacial score (nSPS) is 12.6. The summed E-state index contributed by atoms with van der Waals surface area (Å²) >= 11 is 5.61. The number of benzene rings is 1. The summed E-state index contributed by atoms with van der Waals surface area (Å²) in [5.41, 5.74) is 5.78. The minimum atomic E-state index is -0.634. The van der Waals surface area contributed by atoms with Crippen LogP contribution in [0.25, 0.3) is 0 Å². The van der Waals surface area contributed by atoms with Crippen LogP contribution in [0.15, 0.2) is 18.2 Å². The second kappa shape index (κ2) is 5.98. The van der Waals surface area contributed by atoms with Crippen LogP contribution in [0.1, 0.15) is 20.3 Å². The van der Waals surface area contributed by atoms with Crippen LogP contribution in [0, 0.1) is 11.7 Å². The summed E-state index contributed by atoms with van der Waals surface area (Å²) in [6.07, 6.45) is 0.557. The highest BCUT2D eigenvalue weighted by atomic mass is 35.5. The minimum Gasteiger partial charge on any atom is -0.322 e. The van der Waals surface area contributed by atoms with Gasteiger partial charge in [0.05, 0.1) is 11.7 Å². The number of halogens is 2. The second-order valence-corrected chi connectivity index (χ2v) is 4.79. The maximum absolute atomic E-state index is 13.4. The first kappa shape index (κ1) is 13.9. The Morgan fingerprint density at radius 1 is 1.53 bits per heavy atom. The number of amides is 1. The monoisotopic (exact) mass is 258 g/mol. The first-order valence-electron chi connectivity index (χ1n) is 5.41. The third kappa shape index (κ3) is 4.32. The van der Waals surface area contributed by atoms with E-state index in [1.807, 2.05) is 13.8 Å². The van der Waals surface area contributed by atoms with Crippen molar-refractivity contribution < 1.29 is 9.18 Å². The number of anilines is 1. The second-order valence-electron chi connectivity index (χ2n) is 4.35. The predicted molar refractivity (Wildman–Crippen MR) is 67.5 cm³/mol.